The van der Waals surface area contributed by atoms with Crippen LogP contribution in [0.2, 0.25) is 0 Å². The van der Waals surface area contributed by atoms with E-state index in [4.69, 9.17) is 15.2 Å². The van der Waals surface area contributed by atoms with Crippen LogP contribution >= 0.6 is 11.8 Å². The molecule has 0 spiro atoms. The Morgan fingerprint density at radius 1 is 1.29 bits per heavy atom. The average Bonchev–Trinajstić information content (AvgIpc) is 2.29. The zero-order valence-electron chi connectivity index (χ0n) is 10.9. The molecule has 1 rings (SSSR count). The molecule has 1 atom stereocenters. The first-order valence-electron chi connectivity index (χ1n) is 5.76. The van der Waals surface area contributed by atoms with Crippen molar-refractivity contribution in [1.29, 1.82) is 0 Å². The van der Waals surface area contributed by atoms with Crippen molar-refractivity contribution in [2.45, 2.75) is 31.2 Å². The molecule has 0 saturated carbocycles. The van der Waals surface area contributed by atoms with Gasteiger partial charge in [0.1, 0.15) is 11.5 Å². The molecule has 0 aromatic heterocycles. The normalized spacial score (nSPS) is 12.3. The van der Waals surface area contributed by atoms with Gasteiger partial charge in [-0.2, -0.15) is 0 Å². The molecule has 1 aromatic rings. The van der Waals surface area contributed by atoms with Crippen molar-refractivity contribution >= 4 is 11.8 Å². The van der Waals surface area contributed by atoms with Gasteiger partial charge in [0, 0.05) is 16.5 Å². The fourth-order valence-electron chi connectivity index (χ4n) is 1.79. The van der Waals surface area contributed by atoms with E-state index in [0.717, 1.165) is 34.1 Å². The molecule has 2 N–H and O–H groups in total. The maximum atomic E-state index is 5.88. The minimum absolute atomic E-state index is 0.0830. The summed E-state index contributed by atoms with van der Waals surface area (Å²) in [5.74, 6) is 2.76. The van der Waals surface area contributed by atoms with Crippen LogP contribution < -0.4 is 15.2 Å². The molecule has 1 aromatic carbocycles. The van der Waals surface area contributed by atoms with Crippen LogP contribution in [0.1, 0.15) is 19.4 Å². The van der Waals surface area contributed by atoms with Gasteiger partial charge in [0.2, 0.25) is 0 Å². The number of benzene rings is 1. The van der Waals surface area contributed by atoms with Crippen LogP contribution in [0.5, 0.6) is 11.5 Å². The Kier molecular flexibility index (Phi) is 5.65. The van der Waals surface area contributed by atoms with Gasteiger partial charge in [-0.05, 0) is 31.2 Å². The largest absolute Gasteiger partial charge is 0.496 e. The summed E-state index contributed by atoms with van der Waals surface area (Å²) in [4.78, 5) is 1.14. The van der Waals surface area contributed by atoms with E-state index in [9.17, 15) is 0 Å². The molecule has 0 aliphatic heterocycles. The average molecular weight is 256 g/mol. The van der Waals surface area contributed by atoms with Crippen molar-refractivity contribution in [2.75, 3.05) is 20.0 Å². The summed E-state index contributed by atoms with van der Waals surface area (Å²) >= 11 is 1.77. The molecular weight excluding hydrogens is 235 g/mol. The number of nitrogens with two attached hydrogens (primary N) is 1. The zero-order chi connectivity index (χ0) is 12.8. The number of rotatable bonds is 6. The van der Waals surface area contributed by atoms with Crippen LogP contribution in [0.25, 0.3) is 0 Å². The first-order chi connectivity index (χ1) is 8.13. The maximum absolute atomic E-state index is 5.88. The predicted octanol–water partition coefficient (Wildman–Crippen LogP) is 2.71. The van der Waals surface area contributed by atoms with Gasteiger partial charge in [0.05, 0.1) is 14.2 Å². The van der Waals surface area contributed by atoms with Gasteiger partial charge >= 0.3 is 0 Å². The number of ether oxygens (including phenoxy) is 2. The second-order valence-electron chi connectivity index (χ2n) is 3.89. The second kappa shape index (κ2) is 6.77. The first kappa shape index (κ1) is 14.2. The lowest BCUT2D eigenvalue weighted by Gasteiger charge is -2.17. The molecule has 0 bridgehead atoms. The monoisotopic (exact) mass is 256 g/mol. The van der Waals surface area contributed by atoms with E-state index >= 15 is 0 Å². The molecular formula is C13H21NO2S. The van der Waals surface area contributed by atoms with Crippen molar-refractivity contribution in [3.8, 4) is 11.5 Å². The summed E-state index contributed by atoms with van der Waals surface area (Å²) in [7, 11) is 3.37. The second-order valence-corrected chi connectivity index (χ2v) is 5.20. The van der Waals surface area contributed by atoms with Crippen LogP contribution in [0.3, 0.4) is 0 Å². The Morgan fingerprint density at radius 2 is 2.00 bits per heavy atom. The molecule has 1 unspecified atom stereocenters. The minimum Gasteiger partial charge on any atom is -0.496 e. The molecule has 0 aliphatic rings. The van der Waals surface area contributed by atoms with E-state index in [0.29, 0.717) is 0 Å². The number of thioether (sulfide) groups is 1. The number of hydrogen-bond acceptors (Lipinski definition) is 4. The van der Waals surface area contributed by atoms with Gasteiger partial charge in [0.25, 0.3) is 0 Å². The van der Waals surface area contributed by atoms with Crippen LogP contribution in [0.4, 0.5) is 0 Å². The van der Waals surface area contributed by atoms with Crippen molar-refractivity contribution in [3.05, 3.63) is 17.7 Å². The van der Waals surface area contributed by atoms with Crippen LogP contribution in [0, 0.1) is 0 Å². The Hall–Kier alpha value is -0.870. The lowest BCUT2D eigenvalue weighted by molar-refractivity contribution is 0.376. The van der Waals surface area contributed by atoms with E-state index in [-0.39, 0.29) is 6.04 Å². The highest BCUT2D eigenvalue weighted by molar-refractivity contribution is 7.99. The molecule has 3 nitrogen and oxygen atoms in total. The Balaban J connectivity index is 3.21. The van der Waals surface area contributed by atoms with Gasteiger partial charge in [0.15, 0.2) is 0 Å². The SMILES string of the molecule is CCSc1ccc(OC)c(CC(C)N)[13c]1OC. The Morgan fingerprint density at radius 3 is 2.47 bits per heavy atom. The molecule has 96 valence electrons. The molecule has 0 heterocycles. The van der Waals surface area contributed by atoms with Crippen LogP contribution in [-0.4, -0.2) is 26.0 Å². The summed E-state index contributed by atoms with van der Waals surface area (Å²) in [6.07, 6.45) is 0.754. The lowest BCUT2D eigenvalue weighted by Crippen LogP contribution is -2.19. The first-order valence-corrected chi connectivity index (χ1v) is 6.74. The highest BCUT2D eigenvalue weighted by atomic mass is 32.2. The molecule has 0 saturated heterocycles. The molecule has 17 heavy (non-hydrogen) atoms. The third kappa shape index (κ3) is 3.54. The van der Waals surface area contributed by atoms with Crippen molar-refractivity contribution in [2.24, 2.45) is 5.73 Å². The molecule has 0 aliphatic carbocycles. The van der Waals surface area contributed by atoms with E-state index in [1.165, 1.54) is 0 Å². The van der Waals surface area contributed by atoms with Gasteiger partial charge < -0.3 is 15.2 Å². The predicted molar refractivity (Wildman–Crippen MR) is 73.3 cm³/mol. The highest BCUT2D eigenvalue weighted by Gasteiger charge is 2.16. The molecule has 0 fully saturated rings. The fraction of sp³-hybridized carbons (Fsp3) is 0.538. The highest BCUT2D eigenvalue weighted by Crippen LogP contribution is 2.38. The van der Waals surface area contributed by atoms with Crippen molar-refractivity contribution in [1.82, 2.24) is 0 Å². The minimum atomic E-state index is 0.0830. The summed E-state index contributed by atoms with van der Waals surface area (Å²) < 4.78 is 10.9. The van der Waals surface area contributed by atoms with Gasteiger partial charge in [-0.15, -0.1) is 11.8 Å². The van der Waals surface area contributed by atoms with Crippen LogP contribution in [-0.2, 0) is 6.42 Å². The van der Waals surface area contributed by atoms with Crippen molar-refractivity contribution < 1.29 is 9.47 Å². The summed E-state index contributed by atoms with van der Waals surface area (Å²) in [6, 6.07) is 4.11. The summed E-state index contributed by atoms with van der Waals surface area (Å²) in [5.41, 5.74) is 6.94. The number of hydrogen-bond donors (Lipinski definition) is 1. The summed E-state index contributed by atoms with van der Waals surface area (Å²) in [5, 5.41) is 0. The van der Waals surface area contributed by atoms with Crippen molar-refractivity contribution in [3.63, 3.8) is 0 Å². The molecule has 0 amide bonds. The third-order valence-electron chi connectivity index (χ3n) is 2.43. The Labute approximate surface area is 108 Å². The lowest BCUT2D eigenvalue weighted by atomic mass is 10.1. The summed E-state index contributed by atoms with van der Waals surface area (Å²) in [6.45, 7) is 4.11. The van der Waals surface area contributed by atoms with E-state index in [2.05, 4.69) is 6.92 Å². The van der Waals surface area contributed by atoms with E-state index in [1.54, 1.807) is 26.0 Å². The fourth-order valence-corrected chi connectivity index (χ4v) is 2.60. The topological polar surface area (TPSA) is 44.5 Å². The standard InChI is InChI=1S/C13H21NO2S/c1-5-17-12-7-6-11(15-3)10(8-9(2)14)13(12)16-4/h6-7,9H,5,8,14H2,1-4H3/i13+1. The number of methoxy groups -OCH3 is 2. The quantitative estimate of drug-likeness (QED) is 0.795. The van der Waals surface area contributed by atoms with E-state index in [1.807, 2.05) is 19.1 Å². The van der Waals surface area contributed by atoms with E-state index < -0.39 is 0 Å². The molecule has 4 heteroatoms. The van der Waals surface area contributed by atoms with Gasteiger partial charge in [-0.25, -0.2) is 0 Å². The zero-order valence-corrected chi connectivity index (χ0v) is 11.8. The van der Waals surface area contributed by atoms with Gasteiger partial charge in [-0.3, -0.25) is 0 Å². The maximum Gasteiger partial charge on any atom is 0.139 e. The smallest absolute Gasteiger partial charge is 0.139 e. The van der Waals surface area contributed by atoms with Crippen LogP contribution in [0.15, 0.2) is 17.0 Å². The Bertz CT molecular complexity index is 367. The molecule has 0 radical (unpaired) electrons. The van der Waals surface area contributed by atoms with Gasteiger partial charge in [-0.1, -0.05) is 6.92 Å². The third-order valence-corrected chi connectivity index (χ3v) is 3.35.